The van der Waals surface area contributed by atoms with Gasteiger partial charge in [-0.15, -0.1) is 0 Å². The van der Waals surface area contributed by atoms with E-state index in [4.69, 9.17) is 0 Å². The first-order valence-corrected chi connectivity index (χ1v) is 6.08. The van der Waals surface area contributed by atoms with Crippen molar-refractivity contribution in [1.82, 2.24) is 0 Å². The average molecular weight is 294 g/mol. The number of rotatable bonds is 6. The number of benzene rings is 2. The molecule has 21 heavy (non-hydrogen) atoms. The Bertz CT molecular complexity index is 635. The van der Waals surface area contributed by atoms with Crippen LogP contribution in [0.4, 0.5) is 20.2 Å². The fourth-order valence-electron chi connectivity index (χ4n) is 1.84. The van der Waals surface area contributed by atoms with Crippen molar-refractivity contribution in [2.24, 2.45) is 0 Å². The smallest absolute Gasteiger partial charge is 0.387 e. The maximum atomic E-state index is 12.3. The van der Waals surface area contributed by atoms with Crippen LogP contribution in [0.5, 0.6) is 5.75 Å². The third kappa shape index (κ3) is 3.88. The van der Waals surface area contributed by atoms with E-state index in [0.29, 0.717) is 11.3 Å². The molecule has 0 spiro atoms. The van der Waals surface area contributed by atoms with Crippen molar-refractivity contribution >= 4 is 11.4 Å². The van der Waals surface area contributed by atoms with Crippen molar-refractivity contribution < 1.29 is 18.4 Å². The number of halogens is 2. The van der Waals surface area contributed by atoms with Crippen molar-refractivity contribution in [1.29, 1.82) is 0 Å². The first-order chi connectivity index (χ1) is 10.1. The van der Waals surface area contributed by atoms with Crippen molar-refractivity contribution in [2.75, 3.05) is 5.32 Å². The van der Waals surface area contributed by atoms with Crippen LogP contribution in [0.1, 0.15) is 5.56 Å². The Hall–Kier alpha value is -2.70. The van der Waals surface area contributed by atoms with Gasteiger partial charge in [-0.2, -0.15) is 8.78 Å². The summed E-state index contributed by atoms with van der Waals surface area (Å²) in [7, 11) is 0. The molecule has 2 aromatic rings. The Kier molecular flexibility index (Phi) is 4.65. The van der Waals surface area contributed by atoms with Crippen LogP contribution in [-0.2, 0) is 6.54 Å². The molecule has 0 aromatic heterocycles. The highest BCUT2D eigenvalue weighted by atomic mass is 19.3. The average Bonchev–Trinajstić information content (AvgIpc) is 2.46. The lowest BCUT2D eigenvalue weighted by Gasteiger charge is -2.12. The van der Waals surface area contributed by atoms with Gasteiger partial charge in [0.25, 0.3) is 5.69 Å². The number of hydrogen-bond acceptors (Lipinski definition) is 4. The summed E-state index contributed by atoms with van der Waals surface area (Å²) < 4.78 is 29.0. The number of nitro benzene ring substituents is 1. The minimum atomic E-state index is -2.93. The molecule has 2 aromatic carbocycles. The number of alkyl halides is 2. The molecule has 110 valence electrons. The Morgan fingerprint density at radius 2 is 1.81 bits per heavy atom. The number of nitro groups is 1. The van der Waals surface area contributed by atoms with Crippen molar-refractivity contribution in [2.45, 2.75) is 13.2 Å². The maximum absolute atomic E-state index is 12.3. The van der Waals surface area contributed by atoms with E-state index in [0.717, 1.165) is 0 Å². The quantitative estimate of drug-likeness (QED) is 0.650. The second kappa shape index (κ2) is 6.65. The molecule has 5 nitrogen and oxygen atoms in total. The van der Waals surface area contributed by atoms with E-state index in [1.54, 1.807) is 36.4 Å². The second-order valence-electron chi connectivity index (χ2n) is 4.11. The van der Waals surface area contributed by atoms with E-state index in [1.165, 1.54) is 12.1 Å². The SMILES string of the molecule is O=[N+]([O-])c1ccccc1CNc1ccccc1OC(F)F. The number of nitrogens with zero attached hydrogens (tertiary/aromatic N) is 1. The van der Waals surface area contributed by atoms with Crippen LogP contribution >= 0.6 is 0 Å². The maximum Gasteiger partial charge on any atom is 0.387 e. The molecule has 2 rings (SSSR count). The third-order valence-electron chi connectivity index (χ3n) is 2.76. The van der Waals surface area contributed by atoms with Crippen molar-refractivity contribution in [3.8, 4) is 5.75 Å². The third-order valence-corrected chi connectivity index (χ3v) is 2.76. The minimum Gasteiger partial charge on any atom is -0.433 e. The van der Waals surface area contributed by atoms with Gasteiger partial charge in [-0.25, -0.2) is 0 Å². The molecule has 0 aliphatic rings. The zero-order valence-corrected chi connectivity index (χ0v) is 10.8. The van der Waals surface area contributed by atoms with Gasteiger partial charge in [0.05, 0.1) is 10.6 Å². The highest BCUT2D eigenvalue weighted by molar-refractivity contribution is 5.57. The summed E-state index contributed by atoms with van der Waals surface area (Å²) in [5.41, 5.74) is 0.766. The minimum absolute atomic E-state index is 0.00826. The molecule has 0 saturated carbocycles. The Balaban J connectivity index is 2.15. The normalized spacial score (nSPS) is 10.4. The molecule has 0 bridgehead atoms. The molecule has 7 heteroatoms. The predicted octanol–water partition coefficient (Wildman–Crippen LogP) is 3.81. The van der Waals surface area contributed by atoms with E-state index in [2.05, 4.69) is 10.1 Å². The monoisotopic (exact) mass is 294 g/mol. The standard InChI is InChI=1S/C14H12F2N2O3/c15-14(16)21-13-8-4-2-6-11(13)17-9-10-5-1-3-7-12(10)18(19)20/h1-8,14,17H,9H2. The molecular formula is C14H12F2N2O3. The van der Waals surface area contributed by atoms with E-state index in [1.807, 2.05) is 0 Å². The summed E-state index contributed by atoms with van der Waals surface area (Å²) in [5, 5.41) is 13.8. The van der Waals surface area contributed by atoms with Crippen LogP contribution in [-0.4, -0.2) is 11.5 Å². The summed E-state index contributed by atoms with van der Waals surface area (Å²) in [5.74, 6) is -0.00826. The molecule has 0 amide bonds. The zero-order chi connectivity index (χ0) is 15.2. The molecule has 0 unspecified atom stereocenters. The first-order valence-electron chi connectivity index (χ1n) is 6.08. The van der Waals surface area contributed by atoms with Gasteiger partial charge in [-0.1, -0.05) is 30.3 Å². The topological polar surface area (TPSA) is 64.4 Å². The summed E-state index contributed by atoms with van der Waals surface area (Å²) >= 11 is 0. The van der Waals surface area contributed by atoms with Crippen LogP contribution in [0, 0.1) is 10.1 Å². The summed E-state index contributed by atoms with van der Waals surface area (Å²) in [4.78, 5) is 10.4. The van der Waals surface area contributed by atoms with Crippen molar-refractivity contribution in [3.05, 3.63) is 64.2 Å². The van der Waals surface area contributed by atoms with E-state index in [-0.39, 0.29) is 18.0 Å². The lowest BCUT2D eigenvalue weighted by atomic mass is 10.1. The van der Waals surface area contributed by atoms with Crippen molar-refractivity contribution in [3.63, 3.8) is 0 Å². The number of ether oxygens (including phenoxy) is 1. The van der Waals surface area contributed by atoms with Gasteiger partial charge in [-0.3, -0.25) is 10.1 Å². The largest absolute Gasteiger partial charge is 0.433 e. The van der Waals surface area contributed by atoms with Gasteiger partial charge >= 0.3 is 6.61 Å². The van der Waals surface area contributed by atoms with E-state index in [9.17, 15) is 18.9 Å². The first kappa shape index (κ1) is 14.7. The molecule has 0 aliphatic carbocycles. The number of para-hydroxylation sites is 3. The number of hydrogen-bond donors (Lipinski definition) is 1. The Morgan fingerprint density at radius 1 is 1.14 bits per heavy atom. The predicted molar refractivity (Wildman–Crippen MR) is 73.5 cm³/mol. The molecule has 1 N–H and O–H groups in total. The molecule has 0 radical (unpaired) electrons. The molecular weight excluding hydrogens is 282 g/mol. The summed E-state index contributed by atoms with van der Waals surface area (Å²) in [6.07, 6.45) is 0. The highest BCUT2D eigenvalue weighted by Gasteiger charge is 2.13. The van der Waals surface area contributed by atoms with Gasteiger partial charge in [-0.05, 0) is 12.1 Å². The van der Waals surface area contributed by atoms with Gasteiger partial charge in [0.15, 0.2) is 0 Å². The van der Waals surface area contributed by atoms with Gasteiger partial charge in [0.2, 0.25) is 0 Å². The molecule has 0 saturated heterocycles. The summed E-state index contributed by atoms with van der Waals surface area (Å²) in [6, 6.07) is 12.4. The Labute approximate surface area is 119 Å². The van der Waals surface area contributed by atoms with E-state index >= 15 is 0 Å². The number of nitrogens with one attached hydrogen (secondary N) is 1. The lowest BCUT2D eigenvalue weighted by Crippen LogP contribution is -2.07. The second-order valence-corrected chi connectivity index (χ2v) is 4.11. The fourth-order valence-corrected chi connectivity index (χ4v) is 1.84. The van der Waals surface area contributed by atoms with E-state index < -0.39 is 11.5 Å². The van der Waals surface area contributed by atoms with Crippen LogP contribution < -0.4 is 10.1 Å². The Morgan fingerprint density at radius 3 is 2.52 bits per heavy atom. The van der Waals surface area contributed by atoms with Gasteiger partial charge < -0.3 is 10.1 Å². The fraction of sp³-hybridized carbons (Fsp3) is 0.143. The van der Waals surface area contributed by atoms with Gasteiger partial charge in [0.1, 0.15) is 5.75 Å². The van der Waals surface area contributed by atoms with Crippen LogP contribution in [0.2, 0.25) is 0 Å². The van der Waals surface area contributed by atoms with Crippen LogP contribution in [0.3, 0.4) is 0 Å². The molecule has 0 atom stereocenters. The molecule has 0 heterocycles. The highest BCUT2D eigenvalue weighted by Crippen LogP contribution is 2.27. The van der Waals surface area contributed by atoms with Crippen LogP contribution in [0.25, 0.3) is 0 Å². The zero-order valence-electron chi connectivity index (χ0n) is 10.8. The molecule has 0 aliphatic heterocycles. The van der Waals surface area contributed by atoms with Crippen LogP contribution in [0.15, 0.2) is 48.5 Å². The number of anilines is 1. The lowest BCUT2D eigenvalue weighted by molar-refractivity contribution is -0.385. The van der Waals surface area contributed by atoms with Gasteiger partial charge in [0, 0.05) is 18.2 Å². The molecule has 0 fully saturated rings. The summed E-state index contributed by atoms with van der Waals surface area (Å²) in [6.45, 7) is -2.81.